The van der Waals surface area contributed by atoms with Crippen LogP contribution in [0.2, 0.25) is 0 Å². The van der Waals surface area contributed by atoms with Crippen molar-refractivity contribution in [3.8, 4) is 5.75 Å². The number of nitrogens with two attached hydrogens (primary N) is 1. The third-order valence-corrected chi connectivity index (χ3v) is 6.79. The van der Waals surface area contributed by atoms with E-state index in [4.69, 9.17) is 9.92 Å². The first-order valence-electron chi connectivity index (χ1n) is 8.02. The van der Waals surface area contributed by atoms with Gasteiger partial charge in [0.1, 0.15) is 16.7 Å². The minimum absolute atomic E-state index is 0.149. The molecule has 0 radical (unpaired) electrons. The quantitative estimate of drug-likeness (QED) is 0.669. The molecule has 1 amide bonds. The monoisotopic (exact) mass is 388 g/mol. The molecule has 0 aliphatic carbocycles. The molecule has 3 N–H and O–H groups in total. The van der Waals surface area contributed by atoms with Crippen molar-refractivity contribution >= 4 is 37.4 Å². The fourth-order valence-corrected chi connectivity index (χ4v) is 5.65. The topological polar surface area (TPSA) is 98.5 Å². The normalized spacial score (nSPS) is 17.0. The Hall–Kier alpha value is -2.42. The molecule has 0 saturated heterocycles. The summed E-state index contributed by atoms with van der Waals surface area (Å²) in [6.45, 7) is 0.516. The summed E-state index contributed by atoms with van der Waals surface area (Å²) in [5.41, 5.74) is 6.79. The van der Waals surface area contributed by atoms with E-state index in [0.29, 0.717) is 29.5 Å². The van der Waals surface area contributed by atoms with Crippen LogP contribution in [-0.2, 0) is 21.3 Å². The number of hydrogen-bond donors (Lipinski definition) is 2. The van der Waals surface area contributed by atoms with Gasteiger partial charge in [0.05, 0.1) is 0 Å². The fraction of sp³-hybridized carbons (Fsp3) is 0.167. The Morgan fingerprint density at radius 2 is 2.00 bits per heavy atom. The molecule has 0 bridgehead atoms. The van der Waals surface area contributed by atoms with E-state index >= 15 is 0 Å². The van der Waals surface area contributed by atoms with E-state index in [2.05, 4.69) is 5.32 Å². The van der Waals surface area contributed by atoms with Gasteiger partial charge in [0.2, 0.25) is 5.91 Å². The highest BCUT2D eigenvalue weighted by atomic mass is 32.2. The van der Waals surface area contributed by atoms with Crippen molar-refractivity contribution in [1.29, 1.82) is 0 Å². The summed E-state index contributed by atoms with van der Waals surface area (Å²) in [7, 11) is -3.99. The molecule has 0 fully saturated rings. The van der Waals surface area contributed by atoms with Gasteiger partial charge >= 0.3 is 10.1 Å². The molecule has 26 heavy (non-hydrogen) atoms. The smallest absolute Gasteiger partial charge is 0.340 e. The van der Waals surface area contributed by atoms with Crippen LogP contribution < -0.4 is 15.2 Å². The van der Waals surface area contributed by atoms with Crippen LogP contribution in [0.3, 0.4) is 0 Å². The maximum atomic E-state index is 12.9. The van der Waals surface area contributed by atoms with Gasteiger partial charge in [0.15, 0.2) is 0 Å². The Morgan fingerprint density at radius 3 is 2.81 bits per heavy atom. The predicted octanol–water partition coefficient (Wildman–Crippen LogP) is 2.34. The highest BCUT2D eigenvalue weighted by molar-refractivity contribution is 7.87. The zero-order valence-electron chi connectivity index (χ0n) is 13.6. The SMILES string of the molecule is NC(=O)C1NCCc2c(OS(=O)(=O)c3csc4ccccc34)cccc21. The molecule has 4 rings (SSSR count). The van der Waals surface area contributed by atoms with Crippen LogP contribution in [0.25, 0.3) is 10.1 Å². The highest BCUT2D eigenvalue weighted by Crippen LogP contribution is 2.35. The molecule has 6 nitrogen and oxygen atoms in total. The van der Waals surface area contributed by atoms with Gasteiger partial charge in [-0.25, -0.2) is 0 Å². The second kappa shape index (κ2) is 6.39. The largest absolute Gasteiger partial charge is 0.379 e. The van der Waals surface area contributed by atoms with Gasteiger partial charge in [0, 0.05) is 27.6 Å². The standard InChI is InChI=1S/C18H16N2O4S2/c19-18(21)17-12-5-3-6-14(11(12)8-9-20-17)24-26(22,23)16-10-25-15-7-2-1-4-13(15)16/h1-7,10,17,20H,8-9H2,(H2,19,21). The van der Waals surface area contributed by atoms with E-state index in [0.717, 1.165) is 4.70 Å². The molecular formula is C18H16N2O4S2. The molecule has 134 valence electrons. The van der Waals surface area contributed by atoms with Crippen LogP contribution in [0, 0.1) is 0 Å². The van der Waals surface area contributed by atoms with E-state index in [1.807, 2.05) is 12.1 Å². The molecular weight excluding hydrogens is 372 g/mol. The van der Waals surface area contributed by atoms with Gasteiger partial charge in [-0.3, -0.25) is 4.79 Å². The van der Waals surface area contributed by atoms with Gasteiger partial charge in [-0.15, -0.1) is 11.3 Å². The zero-order chi connectivity index (χ0) is 18.3. The summed E-state index contributed by atoms with van der Waals surface area (Å²) in [6.07, 6.45) is 0.551. The number of carbonyl (C=O) groups excluding carboxylic acids is 1. The predicted molar refractivity (Wildman–Crippen MR) is 99.7 cm³/mol. The molecule has 0 saturated carbocycles. The fourth-order valence-electron chi connectivity index (χ4n) is 3.21. The van der Waals surface area contributed by atoms with Gasteiger partial charge < -0.3 is 15.2 Å². The summed E-state index contributed by atoms with van der Waals surface area (Å²) < 4.78 is 32.1. The lowest BCUT2D eigenvalue weighted by molar-refractivity contribution is -0.120. The molecule has 0 spiro atoms. The van der Waals surface area contributed by atoms with Crippen LogP contribution in [0.1, 0.15) is 17.2 Å². The molecule has 2 aromatic carbocycles. The third-order valence-electron chi connectivity index (χ3n) is 4.40. The Kier molecular flexibility index (Phi) is 4.18. The summed E-state index contributed by atoms with van der Waals surface area (Å²) >= 11 is 1.35. The second-order valence-corrected chi connectivity index (χ2v) is 8.42. The van der Waals surface area contributed by atoms with Crippen LogP contribution in [0.4, 0.5) is 0 Å². The number of hydrogen-bond acceptors (Lipinski definition) is 6. The van der Waals surface area contributed by atoms with Crippen LogP contribution in [-0.4, -0.2) is 20.9 Å². The lowest BCUT2D eigenvalue weighted by atomic mass is 9.93. The molecule has 1 atom stereocenters. The molecule has 1 aliphatic rings. The average Bonchev–Trinajstić information content (AvgIpc) is 3.06. The van der Waals surface area contributed by atoms with Crippen molar-refractivity contribution in [1.82, 2.24) is 5.32 Å². The molecule has 3 aromatic rings. The van der Waals surface area contributed by atoms with Crippen LogP contribution in [0.15, 0.2) is 52.7 Å². The summed E-state index contributed by atoms with van der Waals surface area (Å²) in [5.74, 6) is -0.264. The van der Waals surface area contributed by atoms with Gasteiger partial charge in [-0.2, -0.15) is 8.42 Å². The Bertz CT molecular complexity index is 1110. The van der Waals surface area contributed by atoms with Gasteiger partial charge in [-0.1, -0.05) is 30.3 Å². The van der Waals surface area contributed by atoms with Crippen molar-refractivity contribution < 1.29 is 17.4 Å². The van der Waals surface area contributed by atoms with Crippen molar-refractivity contribution in [2.45, 2.75) is 17.4 Å². The first-order valence-corrected chi connectivity index (χ1v) is 10.3. The maximum Gasteiger partial charge on any atom is 0.340 e. The Labute approximate surface area is 154 Å². The van der Waals surface area contributed by atoms with Crippen molar-refractivity contribution in [3.05, 3.63) is 59.0 Å². The molecule has 1 aromatic heterocycles. The van der Waals surface area contributed by atoms with Crippen molar-refractivity contribution in [2.75, 3.05) is 6.54 Å². The number of fused-ring (bicyclic) bond motifs is 2. The number of nitrogens with one attached hydrogen (secondary N) is 1. The maximum absolute atomic E-state index is 12.9. The molecule has 1 unspecified atom stereocenters. The van der Waals surface area contributed by atoms with E-state index < -0.39 is 22.1 Å². The number of benzene rings is 2. The van der Waals surface area contributed by atoms with E-state index in [-0.39, 0.29) is 10.6 Å². The highest BCUT2D eigenvalue weighted by Gasteiger charge is 2.29. The van der Waals surface area contributed by atoms with E-state index in [1.54, 1.807) is 35.7 Å². The van der Waals surface area contributed by atoms with Gasteiger partial charge in [0.25, 0.3) is 0 Å². The van der Waals surface area contributed by atoms with Crippen LogP contribution in [0.5, 0.6) is 5.75 Å². The van der Waals surface area contributed by atoms with Crippen molar-refractivity contribution in [2.24, 2.45) is 5.73 Å². The summed E-state index contributed by atoms with van der Waals surface area (Å²) in [5, 5.41) is 5.26. The number of thiophene rings is 1. The average molecular weight is 388 g/mol. The Morgan fingerprint density at radius 1 is 1.19 bits per heavy atom. The zero-order valence-corrected chi connectivity index (χ0v) is 15.3. The number of amides is 1. The third kappa shape index (κ3) is 2.86. The van der Waals surface area contributed by atoms with E-state index in [1.165, 1.54) is 11.3 Å². The first kappa shape index (κ1) is 17.0. The lowest BCUT2D eigenvalue weighted by Gasteiger charge is -2.26. The summed E-state index contributed by atoms with van der Waals surface area (Å²) in [6, 6.07) is 11.7. The number of rotatable bonds is 4. The van der Waals surface area contributed by atoms with Crippen molar-refractivity contribution in [3.63, 3.8) is 0 Å². The number of carbonyl (C=O) groups is 1. The molecule has 8 heteroatoms. The number of primary amides is 1. The Balaban J connectivity index is 1.76. The first-order chi connectivity index (χ1) is 12.5. The van der Waals surface area contributed by atoms with Crippen LogP contribution >= 0.6 is 11.3 Å². The molecule has 2 heterocycles. The summed E-state index contributed by atoms with van der Waals surface area (Å²) in [4.78, 5) is 11.8. The van der Waals surface area contributed by atoms with E-state index in [9.17, 15) is 13.2 Å². The lowest BCUT2D eigenvalue weighted by Crippen LogP contribution is -2.38. The second-order valence-electron chi connectivity index (χ2n) is 6.00. The molecule has 1 aliphatic heterocycles. The minimum atomic E-state index is -3.99. The van der Waals surface area contributed by atoms with Gasteiger partial charge in [-0.05, 0) is 24.1 Å². The minimum Gasteiger partial charge on any atom is -0.379 e.